The molecule has 4 aromatic carbocycles. The van der Waals surface area contributed by atoms with Gasteiger partial charge in [0.1, 0.15) is 77.6 Å². The molecule has 16 aromatic rings. The molecule has 0 aliphatic rings. The van der Waals surface area contributed by atoms with E-state index >= 15 is 0 Å². The first kappa shape index (κ1) is 98.7. The molecule has 0 saturated heterocycles. The molecule has 133 heavy (non-hydrogen) atoms. The summed E-state index contributed by atoms with van der Waals surface area (Å²) in [6.45, 7) is 6.95. The van der Waals surface area contributed by atoms with Gasteiger partial charge >= 0.3 is 54.8 Å². The van der Waals surface area contributed by atoms with Crippen LogP contribution in [0.3, 0.4) is 0 Å². The van der Waals surface area contributed by atoms with E-state index in [4.69, 9.17) is 44.7 Å². The van der Waals surface area contributed by atoms with Crippen LogP contribution in [0.1, 0.15) is 115 Å². The van der Waals surface area contributed by atoms with Gasteiger partial charge in [0.05, 0.1) is 113 Å². The Morgan fingerprint density at radius 1 is 0.421 bits per heavy atom. The normalized spacial score (nSPS) is 10.8. The number of carbonyl (C=O) groups excluding carboxylic acids is 7. The number of anilines is 4. The summed E-state index contributed by atoms with van der Waals surface area (Å²) in [5.74, 6) is -6.54. The molecule has 12 heterocycles. The number of aromatic nitrogens is 12. The second kappa shape index (κ2) is 44.5. The van der Waals surface area contributed by atoms with Gasteiger partial charge in [0.15, 0.2) is 46.1 Å². The Balaban J connectivity index is 0.000000176. The predicted molar refractivity (Wildman–Crippen MR) is 462 cm³/mol. The Bertz CT molecular complexity index is 6750. The minimum atomic E-state index is -1.24. The molecular weight excluding hydrogens is 1740 g/mol. The van der Waals surface area contributed by atoms with Crippen molar-refractivity contribution in [2.24, 2.45) is 11.5 Å². The number of benzene rings is 4. The molecule has 0 aliphatic carbocycles. The number of hydrogen-bond acceptors (Lipinski definition) is 29. The van der Waals surface area contributed by atoms with E-state index in [9.17, 15) is 65.8 Å². The van der Waals surface area contributed by atoms with Gasteiger partial charge in [-0.05, 0) is 112 Å². The molecule has 0 saturated carbocycles. The molecular formula is C89H82F4LiN19O20. The van der Waals surface area contributed by atoms with Crippen LogP contribution in [0.5, 0.6) is 0 Å². The summed E-state index contributed by atoms with van der Waals surface area (Å²) in [6.07, 6.45) is 11.1. The maximum atomic E-state index is 15.0. The van der Waals surface area contributed by atoms with Crippen molar-refractivity contribution in [2.45, 2.75) is 85.0 Å². The molecule has 39 nitrogen and oxygen atoms in total. The van der Waals surface area contributed by atoms with Crippen LogP contribution in [0, 0.1) is 23.3 Å². The molecule has 0 atom stereocenters. The van der Waals surface area contributed by atoms with Gasteiger partial charge in [0.25, 0.3) is 17.7 Å². The zero-order valence-electron chi connectivity index (χ0n) is 72.0. The number of carbonyl (C=O) groups is 9. The number of nitrogens with zero attached hydrogens (tertiary/aromatic N) is 12. The second-order valence-electron chi connectivity index (χ2n) is 28.8. The SMILES string of the molecule is CC(C)(C)OC(=O)NCc1cccc(-c2nc(C(=O)O)c3cccn3n2)c1F.CCc1cccc(-c2nc(C(=O)Nc3ccoc3CC(=O)OC)c3cccn3n2)c1F.COC(=O)Cc1occc1N.COC(=O)Cc1occc1NC(=O)c1nc(-c2cccc(CN)c2F)nn2cccc12.NCc1cccc(-c2nc(C(=O)Nc3ccoc3CC(=O)O)c3cccn3n2)c1F.[Li+].[OH-]. The van der Waals surface area contributed by atoms with Crippen LogP contribution in [-0.4, -0.2) is 155 Å². The number of methoxy groups -OCH3 is 3. The summed E-state index contributed by atoms with van der Waals surface area (Å²) >= 11 is 0. The number of esters is 3. The summed E-state index contributed by atoms with van der Waals surface area (Å²) in [5.41, 5.74) is 20.5. The van der Waals surface area contributed by atoms with Crippen molar-refractivity contribution in [3.05, 3.63) is 287 Å². The van der Waals surface area contributed by atoms with Crippen molar-refractivity contribution in [1.29, 1.82) is 0 Å². The van der Waals surface area contributed by atoms with E-state index in [0.717, 1.165) is 0 Å². The van der Waals surface area contributed by atoms with E-state index in [-0.39, 0.29) is 166 Å². The summed E-state index contributed by atoms with van der Waals surface area (Å²) in [7, 11) is 3.84. The number of amides is 4. The quantitative estimate of drug-likeness (QED) is 0.0118. The zero-order valence-corrected chi connectivity index (χ0v) is 72.0. The third-order valence-corrected chi connectivity index (χ3v) is 19.0. The van der Waals surface area contributed by atoms with Gasteiger partial charge in [-0.3, -0.25) is 33.6 Å². The number of aliphatic carboxylic acids is 1. The van der Waals surface area contributed by atoms with Gasteiger partial charge < -0.3 is 90.8 Å². The molecule has 13 N–H and O–H groups in total. The summed E-state index contributed by atoms with van der Waals surface area (Å²) in [4.78, 5) is 124. The minimum Gasteiger partial charge on any atom is -0.870 e. The number of aromatic carboxylic acids is 1. The van der Waals surface area contributed by atoms with Crippen LogP contribution in [0.25, 0.3) is 67.6 Å². The number of rotatable bonds is 24. The minimum absolute atomic E-state index is 0. The number of nitrogens with one attached hydrogen (secondary N) is 4. The number of fused-ring (bicyclic) bond motifs is 4. The number of hydrogen-bond donors (Lipinski definition) is 9. The van der Waals surface area contributed by atoms with Crippen LogP contribution in [0.15, 0.2) is 213 Å². The topological polar surface area (TPSA) is 561 Å². The molecule has 4 amide bonds. The largest absolute Gasteiger partial charge is 1.00 e. The number of halogens is 4. The van der Waals surface area contributed by atoms with E-state index < -0.39 is 83.0 Å². The van der Waals surface area contributed by atoms with E-state index in [1.165, 1.54) is 107 Å². The number of alkyl carbamates (subject to hydrolysis) is 1. The molecule has 0 spiro atoms. The monoisotopic (exact) mass is 1820 g/mol. The Kier molecular flexibility index (Phi) is 33.0. The third-order valence-electron chi connectivity index (χ3n) is 19.0. The van der Waals surface area contributed by atoms with Crippen LogP contribution in [-0.2, 0) is 89.9 Å². The molecule has 44 heteroatoms. The van der Waals surface area contributed by atoms with Crippen LogP contribution in [0.2, 0.25) is 0 Å². The van der Waals surface area contributed by atoms with Crippen molar-refractivity contribution >= 4 is 98.5 Å². The van der Waals surface area contributed by atoms with Gasteiger partial charge in [-0.2, -0.15) is 0 Å². The van der Waals surface area contributed by atoms with Gasteiger partial charge in [-0.15, -0.1) is 20.4 Å². The molecule has 0 radical (unpaired) electrons. The molecule has 16 rings (SSSR count). The van der Waals surface area contributed by atoms with E-state index in [0.29, 0.717) is 68.0 Å². The first-order chi connectivity index (χ1) is 62.9. The Hall–Kier alpha value is -16.5. The number of carboxylic acids is 2. The van der Waals surface area contributed by atoms with Crippen molar-refractivity contribution in [1.82, 2.24) is 63.7 Å². The molecule has 12 aromatic heterocycles. The Morgan fingerprint density at radius 2 is 0.729 bits per heavy atom. The number of nitrogens with two attached hydrogens (primary N) is 3. The average molecular weight is 1820 g/mol. The Morgan fingerprint density at radius 3 is 1.05 bits per heavy atom. The average Bonchev–Trinajstić information content (AvgIpc) is 1.71. The molecule has 0 aliphatic heterocycles. The van der Waals surface area contributed by atoms with Gasteiger partial charge in [0.2, 0.25) is 0 Å². The fourth-order valence-corrected chi connectivity index (χ4v) is 12.6. The number of furan rings is 4. The first-order valence-corrected chi connectivity index (χ1v) is 39.4. The maximum Gasteiger partial charge on any atom is 1.00 e. The fourth-order valence-electron chi connectivity index (χ4n) is 12.6. The predicted octanol–water partition coefficient (Wildman–Crippen LogP) is 9.34. The smallest absolute Gasteiger partial charge is 0.870 e. The van der Waals surface area contributed by atoms with E-state index in [1.54, 1.807) is 149 Å². The van der Waals surface area contributed by atoms with Crippen LogP contribution < -0.4 is 57.3 Å². The molecule has 0 unspecified atom stereocenters. The summed E-state index contributed by atoms with van der Waals surface area (Å²) in [5, 5.41) is 45.9. The second-order valence-corrected chi connectivity index (χ2v) is 28.8. The van der Waals surface area contributed by atoms with E-state index in [2.05, 4.69) is 75.8 Å². The Labute approximate surface area is 762 Å². The number of nitrogen functional groups attached to an aromatic ring is 1. The van der Waals surface area contributed by atoms with E-state index in [1.807, 2.05) is 6.92 Å². The summed E-state index contributed by atoms with van der Waals surface area (Å²) < 4.78 is 104. The number of ether oxygens (including phenoxy) is 4. The van der Waals surface area contributed by atoms with Crippen molar-refractivity contribution < 1.29 is 132 Å². The summed E-state index contributed by atoms with van der Waals surface area (Å²) in [6, 6.07) is 38.3. The number of carboxylic acid groups (broad SMARTS) is 2. The van der Waals surface area contributed by atoms with Crippen LogP contribution in [0.4, 0.5) is 45.1 Å². The van der Waals surface area contributed by atoms with Crippen molar-refractivity contribution in [3.8, 4) is 45.6 Å². The van der Waals surface area contributed by atoms with Crippen molar-refractivity contribution in [2.75, 3.05) is 43.0 Å². The molecule has 0 fully saturated rings. The van der Waals surface area contributed by atoms with Gasteiger partial charge in [0, 0.05) is 79.3 Å². The van der Waals surface area contributed by atoms with Crippen molar-refractivity contribution in [3.63, 3.8) is 0 Å². The number of aryl methyl sites for hydroxylation is 1. The third kappa shape index (κ3) is 23.9. The zero-order chi connectivity index (χ0) is 93.9. The molecule has 682 valence electrons. The first-order valence-electron chi connectivity index (χ1n) is 39.4. The van der Waals surface area contributed by atoms with Crippen LogP contribution >= 0.6 is 0 Å². The van der Waals surface area contributed by atoms with Gasteiger partial charge in [-0.25, -0.2) is 65.1 Å². The molecule has 0 bridgehead atoms. The maximum absolute atomic E-state index is 15.0. The fraction of sp³-hybridized carbons (Fsp3) is 0.180. The standard InChI is InChI=1S/C22H19FN4O4.C21H18FN5O4.C20H16FN5O4.C19H19FN4O4.C7H9NO3.Li.H2O/c1-3-13-6-4-7-14(19(13)23)21-25-20(16-8-5-10-27(16)26-21)22(29)24-15-9-11-31-17(15)12-18(28)30-2;1-30-17(28)10-16-14(7-9-31-16)24-21(29)19-15-6-3-8-27(15)26-20(25-19)13-5-2-4-12(11-23)18(13)22;21-17-11(10-22)3-1-4-12(17)19-24-18(14-5-2-7-26(14)25-19)20(29)23-13-6-8-30-15(13)9-16(27)28;1-19(2,3)28-18(27)21-10-11-6-4-7-12(14(11)20)16-22-15(17(25)26)13-8-5-9-24(13)23-16;1-10-7(9)4-6-5(8)2-3-11-6;;/h4-11H,3,12H2,1-2H3,(H,24,29);2-9H,10-11,23H2,1H3,(H,24,29);1-8H,9-10,22H2,(H,23,29)(H,27,28);4-9H,10H2,1-3H3,(H,21,27)(H,25,26);2-3H,4,8H2,1H3;;1H2/q;;;;;+1;/p-1. The van der Waals surface area contributed by atoms with Gasteiger partial charge in [-0.1, -0.05) is 55.5 Å².